The number of rotatable bonds is 12. The number of hydrogen-bond acceptors (Lipinski definition) is 7. The molecule has 1 saturated heterocycles. The molecule has 5 N–H and O–H groups in total. The van der Waals surface area contributed by atoms with Crippen LogP contribution in [0.4, 0.5) is 4.79 Å². The minimum atomic E-state index is -1.40. The van der Waals surface area contributed by atoms with E-state index in [9.17, 15) is 29.1 Å². The van der Waals surface area contributed by atoms with E-state index in [4.69, 9.17) is 4.74 Å². The van der Waals surface area contributed by atoms with Gasteiger partial charge in [0.05, 0.1) is 6.04 Å². The molecule has 0 bridgehead atoms. The van der Waals surface area contributed by atoms with E-state index in [-0.39, 0.29) is 35.1 Å². The van der Waals surface area contributed by atoms with Crippen molar-refractivity contribution in [3.63, 3.8) is 0 Å². The molecule has 3 aliphatic carbocycles. The number of hydrogen-bond donors (Lipinski definition) is 5. The first-order valence-corrected chi connectivity index (χ1v) is 18.2. The highest BCUT2D eigenvalue weighted by molar-refractivity contribution is 5.96. The number of carbonyl (C=O) groups excluding carboxylic acids is 5. The summed E-state index contributed by atoms with van der Waals surface area (Å²) in [6.07, 6.45) is 5.23. The van der Waals surface area contributed by atoms with Crippen LogP contribution in [-0.2, 0) is 23.9 Å². The summed E-state index contributed by atoms with van der Waals surface area (Å²) in [6, 6.07) is -3.39. The third-order valence-electron chi connectivity index (χ3n) is 10.7. The maximum atomic E-state index is 14.5. The number of aliphatic hydroxyl groups excluding tert-OH is 1. The van der Waals surface area contributed by atoms with Gasteiger partial charge in [0.25, 0.3) is 5.91 Å². The molecule has 7 atom stereocenters. The second kappa shape index (κ2) is 14.5. The van der Waals surface area contributed by atoms with Gasteiger partial charge in [0.15, 0.2) is 6.10 Å². The molecule has 272 valence electrons. The van der Waals surface area contributed by atoms with E-state index >= 15 is 0 Å². The zero-order valence-corrected chi connectivity index (χ0v) is 30.6. The Bertz CT molecular complexity index is 1210. The van der Waals surface area contributed by atoms with Crippen LogP contribution in [0.1, 0.15) is 120 Å². The number of alkyl carbamates (subject to hydrolysis) is 1. The van der Waals surface area contributed by atoms with Crippen molar-refractivity contribution in [2.45, 2.75) is 162 Å². The maximum absolute atomic E-state index is 14.5. The Balaban J connectivity index is 1.54. The number of nitrogens with one attached hydrogen (secondary N) is 4. The fourth-order valence-electron chi connectivity index (χ4n) is 7.74. The van der Waals surface area contributed by atoms with E-state index in [1.807, 2.05) is 27.7 Å². The molecule has 4 aliphatic rings. The van der Waals surface area contributed by atoms with E-state index in [0.29, 0.717) is 19.4 Å². The first kappa shape index (κ1) is 37.9. The number of amides is 5. The Morgan fingerprint density at radius 2 is 1.52 bits per heavy atom. The monoisotopic (exact) mass is 675 g/mol. The predicted octanol–water partition coefficient (Wildman–Crippen LogP) is 3.40. The Kier molecular flexibility index (Phi) is 11.5. The zero-order valence-electron chi connectivity index (χ0n) is 30.6. The summed E-state index contributed by atoms with van der Waals surface area (Å²) in [5.41, 5.74) is -1.62. The van der Waals surface area contributed by atoms with Crippen LogP contribution in [0.2, 0.25) is 0 Å². The van der Waals surface area contributed by atoms with Gasteiger partial charge in [-0.3, -0.25) is 19.2 Å². The van der Waals surface area contributed by atoms with Gasteiger partial charge in [-0.2, -0.15) is 0 Å². The van der Waals surface area contributed by atoms with Gasteiger partial charge in [0, 0.05) is 12.6 Å². The number of likely N-dealkylation sites (tertiary alicyclic amines) is 1. The van der Waals surface area contributed by atoms with Gasteiger partial charge in [0.2, 0.25) is 17.7 Å². The van der Waals surface area contributed by atoms with Gasteiger partial charge in [-0.15, -0.1) is 0 Å². The number of ether oxygens (including phenoxy) is 1. The molecule has 0 aromatic carbocycles. The highest BCUT2D eigenvalue weighted by atomic mass is 16.6. The predicted molar refractivity (Wildman–Crippen MR) is 181 cm³/mol. The fraction of sp³-hybridized carbons (Fsp3) is 0.861. The van der Waals surface area contributed by atoms with Crippen molar-refractivity contribution in [1.82, 2.24) is 26.2 Å². The fourth-order valence-corrected chi connectivity index (χ4v) is 7.74. The second-order valence-electron chi connectivity index (χ2n) is 17.4. The van der Waals surface area contributed by atoms with Crippen LogP contribution in [0, 0.1) is 28.6 Å². The summed E-state index contributed by atoms with van der Waals surface area (Å²) in [4.78, 5) is 69.8. The smallest absolute Gasteiger partial charge is 0.408 e. The first-order valence-electron chi connectivity index (χ1n) is 18.2. The van der Waals surface area contributed by atoms with Crippen molar-refractivity contribution in [2.24, 2.45) is 28.6 Å². The van der Waals surface area contributed by atoms with Gasteiger partial charge in [-0.1, -0.05) is 67.2 Å². The molecule has 48 heavy (non-hydrogen) atoms. The van der Waals surface area contributed by atoms with Gasteiger partial charge in [-0.05, 0) is 81.5 Å². The number of aliphatic hydroxyl groups is 1. The molecule has 12 heteroatoms. The van der Waals surface area contributed by atoms with Gasteiger partial charge >= 0.3 is 6.09 Å². The Labute approximate surface area is 286 Å². The molecule has 0 aromatic rings. The van der Waals surface area contributed by atoms with Crippen LogP contribution in [-0.4, -0.2) is 88.2 Å². The summed E-state index contributed by atoms with van der Waals surface area (Å²) in [6.45, 7) is 17.4. The van der Waals surface area contributed by atoms with E-state index in [0.717, 1.165) is 44.9 Å². The van der Waals surface area contributed by atoms with Crippen LogP contribution in [0.25, 0.3) is 0 Å². The minimum absolute atomic E-state index is 0.0719. The largest absolute Gasteiger partial charge is 0.444 e. The van der Waals surface area contributed by atoms with Crippen LogP contribution >= 0.6 is 0 Å². The van der Waals surface area contributed by atoms with Crippen molar-refractivity contribution in [3.05, 3.63) is 0 Å². The summed E-state index contributed by atoms with van der Waals surface area (Å²) in [5, 5.41) is 22.5. The van der Waals surface area contributed by atoms with Gasteiger partial charge in [0.1, 0.15) is 23.7 Å². The SMILES string of the molecule is CCC[C@H](NC(=O)[C@@H]1[C@@H]2[C@H](CN1C(=O)[C@@H](NC(=O)[C@@H](NC(=O)OC(C)(C)C)C1CCCCC1)C(C)(C)C)C2(C)C)C(O)C(=O)NC1CC1. The van der Waals surface area contributed by atoms with Crippen molar-refractivity contribution in [3.8, 4) is 0 Å². The molecular formula is C36H61N5O7. The normalized spacial score (nSPS) is 26.3. The minimum Gasteiger partial charge on any atom is -0.444 e. The Morgan fingerprint density at radius 1 is 0.896 bits per heavy atom. The number of carbonyl (C=O) groups is 5. The van der Waals surface area contributed by atoms with Crippen LogP contribution in [0.5, 0.6) is 0 Å². The summed E-state index contributed by atoms with van der Waals surface area (Å²) in [7, 11) is 0. The lowest BCUT2D eigenvalue weighted by atomic mass is 9.82. The Hall–Kier alpha value is -2.89. The van der Waals surface area contributed by atoms with Crippen molar-refractivity contribution in [1.29, 1.82) is 0 Å². The molecular weight excluding hydrogens is 614 g/mol. The third kappa shape index (κ3) is 9.01. The van der Waals surface area contributed by atoms with Crippen molar-refractivity contribution in [2.75, 3.05) is 6.54 Å². The third-order valence-corrected chi connectivity index (χ3v) is 10.7. The highest BCUT2D eigenvalue weighted by Gasteiger charge is 2.70. The lowest BCUT2D eigenvalue weighted by molar-refractivity contribution is -0.146. The van der Waals surface area contributed by atoms with E-state index in [2.05, 4.69) is 35.1 Å². The molecule has 1 heterocycles. The quantitative estimate of drug-likeness (QED) is 0.212. The molecule has 0 aromatic heterocycles. The average Bonchev–Trinajstić information content (AvgIpc) is 3.83. The summed E-state index contributed by atoms with van der Waals surface area (Å²) in [5.74, 6) is -1.80. The molecule has 1 aliphatic heterocycles. The molecule has 3 saturated carbocycles. The van der Waals surface area contributed by atoms with Gasteiger partial charge < -0.3 is 36.0 Å². The first-order chi connectivity index (χ1) is 22.3. The van der Waals surface area contributed by atoms with E-state index in [1.165, 1.54) is 0 Å². The zero-order chi connectivity index (χ0) is 35.8. The maximum Gasteiger partial charge on any atom is 0.408 e. The Morgan fingerprint density at radius 3 is 2.06 bits per heavy atom. The summed E-state index contributed by atoms with van der Waals surface area (Å²) >= 11 is 0. The molecule has 0 radical (unpaired) electrons. The molecule has 4 fully saturated rings. The average molecular weight is 676 g/mol. The molecule has 1 unspecified atom stereocenters. The molecule has 12 nitrogen and oxygen atoms in total. The van der Waals surface area contributed by atoms with Crippen LogP contribution < -0.4 is 21.3 Å². The summed E-state index contributed by atoms with van der Waals surface area (Å²) < 4.78 is 5.50. The van der Waals surface area contributed by atoms with E-state index < -0.39 is 65.1 Å². The number of nitrogens with zero attached hydrogens (tertiary/aromatic N) is 1. The number of piperidine rings is 1. The van der Waals surface area contributed by atoms with E-state index in [1.54, 1.807) is 25.7 Å². The number of fused-ring (bicyclic) bond motifs is 1. The van der Waals surface area contributed by atoms with Crippen LogP contribution in [0.3, 0.4) is 0 Å². The van der Waals surface area contributed by atoms with Crippen molar-refractivity contribution < 1.29 is 33.8 Å². The topological polar surface area (TPSA) is 166 Å². The van der Waals surface area contributed by atoms with Crippen LogP contribution in [0.15, 0.2) is 0 Å². The highest BCUT2D eigenvalue weighted by Crippen LogP contribution is 2.65. The van der Waals surface area contributed by atoms with Crippen molar-refractivity contribution >= 4 is 29.7 Å². The second-order valence-corrected chi connectivity index (χ2v) is 17.4. The molecule has 0 spiro atoms. The standard InChI is InChI=1S/C36H61N5O7/c1-10-14-23(27(42)31(45)37-21-17-18-21)38-30(44)26-24-22(36(24,8)9)19-41(26)32(46)28(34(2,3)4)40-29(43)25(20-15-12-11-13-16-20)39-33(47)48-35(5,6)7/h20-28,42H,10-19H2,1-9H3,(H,37,45)(H,38,44)(H,39,47)(H,40,43)/t22-,23-,24-,25-,26-,27?,28+/m0/s1. The molecule has 5 amide bonds. The lowest BCUT2D eigenvalue weighted by Crippen LogP contribution is -2.63. The lowest BCUT2D eigenvalue weighted by Gasteiger charge is -2.39. The van der Waals surface area contributed by atoms with Gasteiger partial charge in [-0.25, -0.2) is 4.79 Å². The molecule has 4 rings (SSSR count).